The molecular formula is C23H25FN6O. The van der Waals surface area contributed by atoms with Crippen molar-refractivity contribution in [3.8, 4) is 11.3 Å². The summed E-state index contributed by atoms with van der Waals surface area (Å²) in [7, 11) is 0. The predicted octanol–water partition coefficient (Wildman–Crippen LogP) is 3.35. The molecule has 7 nitrogen and oxygen atoms in total. The van der Waals surface area contributed by atoms with Crippen molar-refractivity contribution in [2.45, 2.75) is 25.8 Å². The number of nitrogens with one attached hydrogen (secondary N) is 1. The number of anilines is 3. The fourth-order valence-electron chi connectivity index (χ4n) is 3.80. The number of nitrogens with two attached hydrogens (primary N) is 2. The van der Waals surface area contributed by atoms with Crippen molar-refractivity contribution in [2.24, 2.45) is 5.73 Å². The molecule has 31 heavy (non-hydrogen) atoms. The number of aromatic nitrogens is 2. The summed E-state index contributed by atoms with van der Waals surface area (Å²) < 4.78 is 14.4. The van der Waals surface area contributed by atoms with E-state index in [2.05, 4.69) is 20.2 Å². The first kappa shape index (κ1) is 20.7. The van der Waals surface area contributed by atoms with Crippen LogP contribution in [0.25, 0.3) is 11.3 Å². The van der Waals surface area contributed by atoms with Gasteiger partial charge in [0.15, 0.2) is 5.69 Å². The van der Waals surface area contributed by atoms with Gasteiger partial charge in [0, 0.05) is 30.9 Å². The minimum Gasteiger partial charge on any atom is -0.397 e. The van der Waals surface area contributed by atoms with Gasteiger partial charge in [0.05, 0.1) is 29.0 Å². The van der Waals surface area contributed by atoms with Crippen molar-refractivity contribution >= 4 is 23.0 Å². The van der Waals surface area contributed by atoms with Crippen LogP contribution in [0.1, 0.15) is 28.9 Å². The number of hydrogen-bond acceptors (Lipinski definition) is 6. The molecule has 4 rings (SSSR count). The molecule has 1 unspecified atom stereocenters. The van der Waals surface area contributed by atoms with E-state index in [1.54, 1.807) is 36.7 Å². The highest BCUT2D eigenvalue weighted by molar-refractivity contribution is 6.07. The summed E-state index contributed by atoms with van der Waals surface area (Å²) >= 11 is 0. The highest BCUT2D eigenvalue weighted by Crippen LogP contribution is 2.29. The molecule has 1 atom stereocenters. The molecule has 0 radical (unpaired) electrons. The first-order valence-electron chi connectivity index (χ1n) is 10.2. The predicted molar refractivity (Wildman–Crippen MR) is 120 cm³/mol. The van der Waals surface area contributed by atoms with Crippen molar-refractivity contribution in [3.05, 3.63) is 65.9 Å². The molecule has 0 aliphatic carbocycles. The number of carbonyl (C=O) groups excluding carboxylic acids is 1. The van der Waals surface area contributed by atoms with Gasteiger partial charge in [-0.15, -0.1) is 0 Å². The van der Waals surface area contributed by atoms with Crippen LogP contribution in [0.3, 0.4) is 0 Å². The molecule has 2 aromatic heterocycles. The Morgan fingerprint density at radius 1 is 1.26 bits per heavy atom. The molecule has 3 aromatic rings. The first-order valence-corrected chi connectivity index (χ1v) is 10.2. The SMILES string of the molecule is Cc1ccc(-c2ccc(N)c(C(=O)Nc3cnccc3N3CCCC(N)C3)n2)c(F)c1. The molecule has 0 bridgehead atoms. The van der Waals surface area contributed by atoms with Crippen LogP contribution in [0.15, 0.2) is 48.8 Å². The highest BCUT2D eigenvalue weighted by Gasteiger charge is 2.21. The summed E-state index contributed by atoms with van der Waals surface area (Å²) in [6.45, 7) is 3.36. The van der Waals surface area contributed by atoms with Gasteiger partial charge in [0.2, 0.25) is 0 Å². The lowest BCUT2D eigenvalue weighted by molar-refractivity contribution is 0.102. The summed E-state index contributed by atoms with van der Waals surface area (Å²) in [6.07, 6.45) is 5.23. The third-order valence-electron chi connectivity index (χ3n) is 5.39. The first-order chi connectivity index (χ1) is 14.9. The van der Waals surface area contributed by atoms with Crippen LogP contribution in [0.4, 0.5) is 21.5 Å². The van der Waals surface area contributed by atoms with Gasteiger partial charge < -0.3 is 21.7 Å². The lowest BCUT2D eigenvalue weighted by Crippen LogP contribution is -2.43. The van der Waals surface area contributed by atoms with Crippen molar-refractivity contribution in [3.63, 3.8) is 0 Å². The van der Waals surface area contributed by atoms with Crippen molar-refractivity contribution in [2.75, 3.05) is 29.0 Å². The number of piperidine rings is 1. The molecule has 1 aromatic carbocycles. The molecule has 0 spiro atoms. The lowest BCUT2D eigenvalue weighted by Gasteiger charge is -2.33. The lowest BCUT2D eigenvalue weighted by atomic mass is 10.1. The zero-order valence-electron chi connectivity index (χ0n) is 17.3. The molecule has 5 N–H and O–H groups in total. The fraction of sp³-hybridized carbons (Fsp3) is 0.261. The maximum absolute atomic E-state index is 14.4. The molecule has 1 aliphatic rings. The minimum absolute atomic E-state index is 0.0302. The van der Waals surface area contributed by atoms with Crippen molar-refractivity contribution in [1.82, 2.24) is 9.97 Å². The van der Waals surface area contributed by atoms with Gasteiger partial charge in [-0.3, -0.25) is 9.78 Å². The number of benzene rings is 1. The molecule has 1 fully saturated rings. The van der Waals surface area contributed by atoms with Gasteiger partial charge in [0.1, 0.15) is 5.82 Å². The average Bonchev–Trinajstić information content (AvgIpc) is 2.75. The van der Waals surface area contributed by atoms with E-state index < -0.39 is 11.7 Å². The zero-order valence-corrected chi connectivity index (χ0v) is 17.3. The average molecular weight is 420 g/mol. The topological polar surface area (TPSA) is 110 Å². The summed E-state index contributed by atoms with van der Waals surface area (Å²) in [6, 6.07) is 9.96. The molecule has 3 heterocycles. The maximum Gasteiger partial charge on any atom is 0.276 e. The minimum atomic E-state index is -0.484. The Morgan fingerprint density at radius 3 is 2.87 bits per heavy atom. The van der Waals surface area contributed by atoms with Gasteiger partial charge in [-0.2, -0.15) is 0 Å². The number of rotatable bonds is 4. The third kappa shape index (κ3) is 4.49. The highest BCUT2D eigenvalue weighted by atomic mass is 19.1. The van der Waals surface area contributed by atoms with Crippen LogP contribution in [0, 0.1) is 12.7 Å². The Bertz CT molecular complexity index is 1120. The van der Waals surface area contributed by atoms with Crippen LogP contribution in [-0.4, -0.2) is 35.0 Å². The number of carbonyl (C=O) groups is 1. The summed E-state index contributed by atoms with van der Waals surface area (Å²) in [5.41, 5.74) is 15.2. The molecule has 0 saturated carbocycles. The standard InChI is InChI=1S/C23H25FN6O/c1-14-4-5-16(17(24)11-14)19-7-6-18(26)22(28-19)23(31)29-20-12-27-9-8-21(20)30-10-2-3-15(25)13-30/h4-9,11-12,15H,2-3,10,13,25-26H2,1H3,(H,29,31). The Balaban J connectivity index is 1.63. The molecular weight excluding hydrogens is 395 g/mol. The van der Waals surface area contributed by atoms with E-state index in [4.69, 9.17) is 11.5 Å². The number of amides is 1. The van der Waals surface area contributed by atoms with Gasteiger partial charge >= 0.3 is 0 Å². The number of pyridine rings is 2. The van der Waals surface area contributed by atoms with E-state index in [1.165, 1.54) is 6.07 Å². The second kappa shape index (κ2) is 8.69. The maximum atomic E-state index is 14.4. The van der Waals surface area contributed by atoms with Crippen molar-refractivity contribution < 1.29 is 9.18 Å². The number of nitrogens with zero attached hydrogens (tertiary/aromatic N) is 3. The van der Waals surface area contributed by atoms with E-state index in [-0.39, 0.29) is 17.4 Å². The quantitative estimate of drug-likeness (QED) is 0.597. The zero-order chi connectivity index (χ0) is 22.0. The van der Waals surface area contributed by atoms with Crippen LogP contribution in [-0.2, 0) is 0 Å². The van der Waals surface area contributed by atoms with E-state index >= 15 is 0 Å². The van der Waals surface area contributed by atoms with Crippen LogP contribution >= 0.6 is 0 Å². The van der Waals surface area contributed by atoms with Crippen LogP contribution in [0.2, 0.25) is 0 Å². The monoisotopic (exact) mass is 420 g/mol. The Labute approximate surface area is 180 Å². The normalized spacial score (nSPS) is 16.2. The number of halogens is 1. The summed E-state index contributed by atoms with van der Waals surface area (Å²) in [5, 5.41) is 2.86. The number of hydrogen-bond donors (Lipinski definition) is 3. The van der Waals surface area contributed by atoms with E-state index in [0.717, 1.165) is 30.6 Å². The molecule has 160 valence electrons. The Morgan fingerprint density at radius 2 is 2.10 bits per heavy atom. The van der Waals surface area contributed by atoms with Crippen LogP contribution < -0.4 is 21.7 Å². The Hall–Kier alpha value is -3.52. The molecule has 1 saturated heterocycles. The van der Waals surface area contributed by atoms with E-state index in [9.17, 15) is 9.18 Å². The molecule has 1 aliphatic heterocycles. The largest absolute Gasteiger partial charge is 0.397 e. The second-order valence-corrected chi connectivity index (χ2v) is 7.81. The molecule has 8 heteroatoms. The smallest absolute Gasteiger partial charge is 0.276 e. The fourth-order valence-corrected chi connectivity index (χ4v) is 3.80. The van der Waals surface area contributed by atoms with Gasteiger partial charge in [-0.25, -0.2) is 9.37 Å². The van der Waals surface area contributed by atoms with Crippen molar-refractivity contribution in [1.29, 1.82) is 0 Å². The number of aryl methyl sites for hydroxylation is 1. The number of nitrogen functional groups attached to an aromatic ring is 1. The van der Waals surface area contributed by atoms with Gasteiger partial charge in [-0.1, -0.05) is 6.07 Å². The van der Waals surface area contributed by atoms with E-state index in [0.29, 0.717) is 23.5 Å². The van der Waals surface area contributed by atoms with Gasteiger partial charge in [-0.05, 0) is 55.7 Å². The summed E-state index contributed by atoms with van der Waals surface area (Å²) in [5.74, 6) is -0.887. The third-order valence-corrected chi connectivity index (χ3v) is 5.39. The van der Waals surface area contributed by atoms with Gasteiger partial charge in [0.25, 0.3) is 5.91 Å². The summed E-state index contributed by atoms with van der Waals surface area (Å²) in [4.78, 5) is 23.7. The van der Waals surface area contributed by atoms with Crippen LogP contribution in [0.5, 0.6) is 0 Å². The second-order valence-electron chi connectivity index (χ2n) is 7.81. The Kier molecular flexibility index (Phi) is 5.81. The molecule has 1 amide bonds. The van der Waals surface area contributed by atoms with E-state index in [1.807, 2.05) is 13.0 Å².